The number of nitrogens with two attached hydrogens (primary N) is 1. The normalized spacial score (nSPS) is 11.3. The molecule has 0 aliphatic rings. The maximum atomic E-state index is 6.52. The van der Waals surface area contributed by atoms with E-state index in [4.69, 9.17) is 10.7 Å². The number of aromatic nitrogens is 4. The van der Waals surface area contributed by atoms with Gasteiger partial charge < -0.3 is 5.73 Å². The van der Waals surface area contributed by atoms with Gasteiger partial charge in [0, 0.05) is 34.9 Å². The molecule has 132 valence electrons. The molecule has 4 aromatic heterocycles. The van der Waals surface area contributed by atoms with Crippen LogP contribution in [0.25, 0.3) is 32.2 Å². The van der Waals surface area contributed by atoms with Crippen LogP contribution in [0.4, 0.5) is 5.69 Å². The molecule has 0 spiro atoms. The molecule has 0 atom stereocenters. The van der Waals surface area contributed by atoms with E-state index in [-0.39, 0.29) is 0 Å². The molecule has 4 heterocycles. The Balaban J connectivity index is 1.90. The van der Waals surface area contributed by atoms with Crippen molar-refractivity contribution < 1.29 is 0 Å². The summed E-state index contributed by atoms with van der Waals surface area (Å²) in [5.74, 6) is 1.06. The summed E-state index contributed by atoms with van der Waals surface area (Å²) in [6.45, 7) is 2.20. The van der Waals surface area contributed by atoms with Crippen molar-refractivity contribution in [3.8, 4) is 22.0 Å². The third-order valence-electron chi connectivity index (χ3n) is 3.89. The predicted molar refractivity (Wildman–Crippen MR) is 112 cm³/mol. The SMILES string of the molecule is CCCCSc1sc2nc(-c3nccs3)cc(-c3cnccn3)c2c1N. The van der Waals surface area contributed by atoms with Crippen LogP contribution in [0.2, 0.25) is 0 Å². The van der Waals surface area contributed by atoms with Gasteiger partial charge in [-0.15, -0.1) is 34.4 Å². The van der Waals surface area contributed by atoms with Crippen LogP contribution in [-0.4, -0.2) is 25.7 Å². The topological polar surface area (TPSA) is 77.6 Å². The van der Waals surface area contributed by atoms with Gasteiger partial charge in [0.25, 0.3) is 0 Å². The molecule has 0 saturated carbocycles. The number of hydrogen-bond acceptors (Lipinski definition) is 8. The molecule has 0 aliphatic heterocycles. The number of nitrogen functional groups attached to an aromatic ring is 1. The third kappa shape index (κ3) is 3.32. The molecular formula is C18H17N5S3. The van der Waals surface area contributed by atoms with Crippen LogP contribution in [0, 0.1) is 0 Å². The van der Waals surface area contributed by atoms with E-state index in [1.807, 2.05) is 23.2 Å². The van der Waals surface area contributed by atoms with E-state index >= 15 is 0 Å². The third-order valence-corrected chi connectivity index (χ3v) is 7.15. The Morgan fingerprint density at radius 1 is 1.15 bits per heavy atom. The Hall–Kier alpha value is -2.03. The van der Waals surface area contributed by atoms with Crippen LogP contribution >= 0.6 is 34.4 Å². The van der Waals surface area contributed by atoms with Crippen LogP contribution in [0.3, 0.4) is 0 Å². The fourth-order valence-corrected chi connectivity index (χ4v) is 5.67. The Labute approximate surface area is 163 Å². The quantitative estimate of drug-likeness (QED) is 0.348. The summed E-state index contributed by atoms with van der Waals surface area (Å²) in [6.07, 6.45) is 9.28. The molecule has 0 aromatic carbocycles. The van der Waals surface area contributed by atoms with E-state index in [0.717, 1.165) is 47.8 Å². The molecule has 0 unspecified atom stereocenters. The largest absolute Gasteiger partial charge is 0.397 e. The van der Waals surface area contributed by atoms with Gasteiger partial charge in [-0.1, -0.05) is 13.3 Å². The van der Waals surface area contributed by atoms with Crippen molar-refractivity contribution in [2.24, 2.45) is 0 Å². The summed E-state index contributed by atoms with van der Waals surface area (Å²) in [7, 11) is 0. The Morgan fingerprint density at radius 2 is 2.08 bits per heavy atom. The zero-order chi connectivity index (χ0) is 17.9. The summed E-state index contributed by atoms with van der Waals surface area (Å²) in [5, 5.41) is 3.82. The van der Waals surface area contributed by atoms with E-state index in [1.165, 1.54) is 12.8 Å². The monoisotopic (exact) mass is 399 g/mol. The second-order valence-electron chi connectivity index (χ2n) is 5.67. The lowest BCUT2D eigenvalue weighted by Crippen LogP contribution is -1.92. The van der Waals surface area contributed by atoms with Crippen LogP contribution in [0.1, 0.15) is 19.8 Å². The summed E-state index contributed by atoms with van der Waals surface area (Å²) >= 11 is 5.03. The predicted octanol–water partition coefficient (Wildman–Crippen LogP) is 5.35. The minimum absolute atomic E-state index is 0.796. The number of unbranched alkanes of at least 4 members (excludes halogenated alkanes) is 1. The van der Waals surface area contributed by atoms with E-state index in [0.29, 0.717) is 0 Å². The van der Waals surface area contributed by atoms with Crippen molar-refractivity contribution in [1.29, 1.82) is 0 Å². The van der Waals surface area contributed by atoms with Crippen molar-refractivity contribution in [2.75, 3.05) is 11.5 Å². The van der Waals surface area contributed by atoms with Crippen LogP contribution < -0.4 is 5.73 Å². The van der Waals surface area contributed by atoms with Gasteiger partial charge in [0.15, 0.2) is 0 Å². The summed E-state index contributed by atoms with van der Waals surface area (Å²) in [6, 6.07) is 2.02. The standard InChI is InChI=1S/C18H17N5S3/c1-2-3-7-25-18-15(19)14-11(13-10-20-4-5-21-13)9-12(23-17(14)26-18)16-22-6-8-24-16/h4-6,8-10H,2-3,7,19H2,1H3. The first kappa shape index (κ1) is 17.4. The molecule has 2 N–H and O–H groups in total. The van der Waals surface area contributed by atoms with Crippen molar-refractivity contribution in [2.45, 2.75) is 24.0 Å². The molecule has 26 heavy (non-hydrogen) atoms. The number of thiazole rings is 1. The number of nitrogens with zero attached hydrogens (tertiary/aromatic N) is 4. The van der Waals surface area contributed by atoms with E-state index in [9.17, 15) is 0 Å². The molecular weight excluding hydrogens is 382 g/mol. The number of anilines is 1. The fourth-order valence-electron chi connectivity index (χ4n) is 2.62. The second-order valence-corrected chi connectivity index (χ2v) is 8.93. The Morgan fingerprint density at radius 3 is 2.81 bits per heavy atom. The minimum atomic E-state index is 0.796. The summed E-state index contributed by atoms with van der Waals surface area (Å²) < 4.78 is 1.13. The van der Waals surface area contributed by atoms with Crippen molar-refractivity contribution >= 4 is 50.3 Å². The van der Waals surface area contributed by atoms with Gasteiger partial charge in [-0.2, -0.15) is 0 Å². The van der Waals surface area contributed by atoms with Gasteiger partial charge in [0.1, 0.15) is 15.5 Å². The van der Waals surface area contributed by atoms with Gasteiger partial charge in [-0.25, -0.2) is 9.97 Å². The first-order valence-electron chi connectivity index (χ1n) is 8.30. The molecule has 0 bridgehead atoms. The highest BCUT2D eigenvalue weighted by Gasteiger charge is 2.19. The van der Waals surface area contributed by atoms with Gasteiger partial charge in [-0.05, 0) is 18.2 Å². The van der Waals surface area contributed by atoms with Gasteiger partial charge in [0.05, 0.1) is 21.8 Å². The first-order chi connectivity index (χ1) is 12.8. The van der Waals surface area contributed by atoms with Crippen LogP contribution in [0.15, 0.2) is 40.4 Å². The lowest BCUT2D eigenvalue weighted by Gasteiger charge is -2.06. The van der Waals surface area contributed by atoms with E-state index in [1.54, 1.807) is 47.5 Å². The number of thioether (sulfide) groups is 1. The highest BCUT2D eigenvalue weighted by Crippen LogP contribution is 2.44. The number of hydrogen-bond donors (Lipinski definition) is 1. The zero-order valence-corrected chi connectivity index (χ0v) is 16.6. The molecule has 0 radical (unpaired) electrons. The molecule has 0 aliphatic carbocycles. The maximum Gasteiger partial charge on any atom is 0.141 e. The van der Waals surface area contributed by atoms with Crippen molar-refractivity contribution in [1.82, 2.24) is 19.9 Å². The number of rotatable bonds is 6. The van der Waals surface area contributed by atoms with Gasteiger partial charge >= 0.3 is 0 Å². The van der Waals surface area contributed by atoms with Gasteiger partial charge in [-0.3, -0.25) is 9.97 Å². The minimum Gasteiger partial charge on any atom is -0.397 e. The molecule has 4 aromatic rings. The molecule has 0 fully saturated rings. The molecule has 0 amide bonds. The van der Waals surface area contributed by atoms with Crippen LogP contribution in [-0.2, 0) is 0 Å². The average molecular weight is 400 g/mol. The maximum absolute atomic E-state index is 6.52. The lowest BCUT2D eigenvalue weighted by atomic mass is 10.1. The summed E-state index contributed by atoms with van der Waals surface area (Å²) in [4.78, 5) is 18.9. The molecule has 4 rings (SSSR count). The molecule has 5 nitrogen and oxygen atoms in total. The Bertz CT molecular complexity index is 1010. The van der Waals surface area contributed by atoms with Crippen LogP contribution in [0.5, 0.6) is 0 Å². The zero-order valence-electron chi connectivity index (χ0n) is 14.2. The fraction of sp³-hybridized carbons (Fsp3) is 0.222. The number of thiophene rings is 1. The van der Waals surface area contributed by atoms with E-state index < -0.39 is 0 Å². The number of pyridine rings is 1. The molecule has 8 heteroatoms. The molecule has 0 saturated heterocycles. The van der Waals surface area contributed by atoms with Gasteiger partial charge in [0.2, 0.25) is 0 Å². The van der Waals surface area contributed by atoms with Crippen molar-refractivity contribution in [3.05, 3.63) is 36.2 Å². The second kappa shape index (κ2) is 7.69. The lowest BCUT2D eigenvalue weighted by molar-refractivity contribution is 0.897. The highest BCUT2D eigenvalue weighted by molar-refractivity contribution is 8.01. The average Bonchev–Trinajstić information content (AvgIpc) is 3.31. The smallest absolute Gasteiger partial charge is 0.141 e. The van der Waals surface area contributed by atoms with E-state index in [2.05, 4.69) is 21.9 Å². The van der Waals surface area contributed by atoms with Crippen molar-refractivity contribution in [3.63, 3.8) is 0 Å². The first-order valence-corrected chi connectivity index (χ1v) is 11.0. The summed E-state index contributed by atoms with van der Waals surface area (Å²) in [5.41, 5.74) is 9.92. The number of fused-ring (bicyclic) bond motifs is 1. The Kier molecular flexibility index (Phi) is 5.14. The highest BCUT2D eigenvalue weighted by atomic mass is 32.2.